The first-order chi connectivity index (χ1) is 8.72. The largest absolute Gasteiger partial charge is 0.395 e. The molecular formula is C12H20N4OS. The summed E-state index contributed by atoms with van der Waals surface area (Å²) in [5.74, 6) is 2.76. The summed E-state index contributed by atoms with van der Waals surface area (Å²) < 4.78 is 0. The molecule has 1 atom stereocenters. The number of H-pyrrole nitrogens is 1. The number of nitrogens with one attached hydrogen (secondary N) is 2. The Kier molecular flexibility index (Phi) is 4.52. The highest BCUT2D eigenvalue weighted by Gasteiger charge is 2.20. The smallest absolute Gasteiger partial charge is 0.273 e. The van der Waals surface area contributed by atoms with Crippen LogP contribution in [0.1, 0.15) is 35.9 Å². The second-order valence-corrected chi connectivity index (χ2v) is 5.80. The van der Waals surface area contributed by atoms with Crippen molar-refractivity contribution in [3.05, 3.63) is 11.4 Å². The molecule has 1 amide bonds. The zero-order valence-corrected chi connectivity index (χ0v) is 11.5. The normalized spacial score (nSPS) is 19.1. The van der Waals surface area contributed by atoms with Gasteiger partial charge in [-0.3, -0.25) is 9.89 Å². The minimum atomic E-state index is -0.164. The summed E-state index contributed by atoms with van der Waals surface area (Å²) >= 11 is 1.95. The number of carbonyl (C=O) groups is 1. The van der Waals surface area contributed by atoms with Gasteiger partial charge in [0.15, 0.2) is 5.69 Å². The van der Waals surface area contributed by atoms with Crippen LogP contribution in [-0.4, -0.2) is 34.2 Å². The van der Waals surface area contributed by atoms with Crippen LogP contribution < -0.4 is 11.1 Å². The van der Waals surface area contributed by atoms with E-state index in [2.05, 4.69) is 22.4 Å². The first kappa shape index (κ1) is 13.3. The highest BCUT2D eigenvalue weighted by Crippen LogP contribution is 2.22. The number of carbonyl (C=O) groups excluding carboxylic acids is 1. The lowest BCUT2D eigenvalue weighted by molar-refractivity contribution is 0.0944. The van der Waals surface area contributed by atoms with Crippen molar-refractivity contribution in [1.82, 2.24) is 15.5 Å². The van der Waals surface area contributed by atoms with Gasteiger partial charge in [-0.1, -0.05) is 13.3 Å². The standard InChI is InChI=1S/C12H20N4OS/c1-2-3-9-10(13)11(16-15-9)12(17)14-6-8-4-5-18-7-8/h8H,2-7,13H2,1H3,(H,14,17)(H,15,16). The number of aromatic amines is 1. The molecular weight excluding hydrogens is 248 g/mol. The number of hydrogen-bond donors (Lipinski definition) is 3. The van der Waals surface area contributed by atoms with E-state index in [0.29, 0.717) is 17.3 Å². The van der Waals surface area contributed by atoms with Crippen molar-refractivity contribution in [2.75, 3.05) is 23.8 Å². The third-order valence-electron chi connectivity index (χ3n) is 3.17. The fraction of sp³-hybridized carbons (Fsp3) is 0.667. The average molecular weight is 268 g/mol. The number of amides is 1. The molecule has 1 aromatic rings. The molecule has 0 bridgehead atoms. The van der Waals surface area contributed by atoms with Gasteiger partial charge in [0.2, 0.25) is 0 Å². The van der Waals surface area contributed by atoms with Gasteiger partial charge in [-0.25, -0.2) is 0 Å². The summed E-state index contributed by atoms with van der Waals surface area (Å²) in [5, 5.41) is 9.78. The Hall–Kier alpha value is -1.17. The lowest BCUT2D eigenvalue weighted by Crippen LogP contribution is -2.30. The van der Waals surface area contributed by atoms with E-state index in [4.69, 9.17) is 5.73 Å². The van der Waals surface area contributed by atoms with Gasteiger partial charge in [-0.05, 0) is 30.3 Å². The fourth-order valence-corrected chi connectivity index (χ4v) is 3.35. The number of hydrogen-bond acceptors (Lipinski definition) is 4. The van der Waals surface area contributed by atoms with E-state index in [9.17, 15) is 4.79 Å². The maximum atomic E-state index is 12.0. The summed E-state index contributed by atoms with van der Waals surface area (Å²) in [6.45, 7) is 2.79. The lowest BCUT2D eigenvalue weighted by Gasteiger charge is -2.09. The summed E-state index contributed by atoms with van der Waals surface area (Å²) in [6, 6.07) is 0. The van der Waals surface area contributed by atoms with Gasteiger partial charge in [-0.2, -0.15) is 16.9 Å². The summed E-state index contributed by atoms with van der Waals surface area (Å²) in [5.41, 5.74) is 7.61. The van der Waals surface area contributed by atoms with E-state index in [1.807, 2.05) is 11.8 Å². The van der Waals surface area contributed by atoms with Crippen LogP contribution in [0, 0.1) is 5.92 Å². The average Bonchev–Trinajstić information content (AvgIpc) is 2.98. The van der Waals surface area contributed by atoms with Crippen molar-refractivity contribution in [2.24, 2.45) is 5.92 Å². The third-order valence-corrected chi connectivity index (χ3v) is 4.40. The molecule has 1 aliphatic heterocycles. The van der Waals surface area contributed by atoms with Gasteiger partial charge in [0.05, 0.1) is 11.4 Å². The van der Waals surface area contributed by atoms with Crippen LogP contribution in [0.2, 0.25) is 0 Å². The molecule has 0 radical (unpaired) electrons. The Morgan fingerprint density at radius 2 is 2.50 bits per heavy atom. The monoisotopic (exact) mass is 268 g/mol. The van der Waals surface area contributed by atoms with E-state index in [-0.39, 0.29) is 5.91 Å². The molecule has 18 heavy (non-hydrogen) atoms. The maximum Gasteiger partial charge on any atom is 0.273 e. The quantitative estimate of drug-likeness (QED) is 0.754. The molecule has 4 N–H and O–H groups in total. The van der Waals surface area contributed by atoms with Gasteiger partial charge in [0, 0.05) is 6.54 Å². The van der Waals surface area contributed by atoms with E-state index in [0.717, 1.165) is 30.8 Å². The first-order valence-electron chi connectivity index (χ1n) is 6.41. The van der Waals surface area contributed by atoms with E-state index in [1.54, 1.807) is 0 Å². The predicted octanol–water partition coefficient (Wildman–Crippen LogP) is 1.43. The number of aryl methyl sites for hydroxylation is 1. The van der Waals surface area contributed by atoms with Gasteiger partial charge in [0.1, 0.15) is 0 Å². The molecule has 1 saturated heterocycles. The van der Waals surface area contributed by atoms with Crippen molar-refractivity contribution >= 4 is 23.4 Å². The van der Waals surface area contributed by atoms with Crippen LogP contribution in [0.3, 0.4) is 0 Å². The minimum Gasteiger partial charge on any atom is -0.395 e. The van der Waals surface area contributed by atoms with Crippen molar-refractivity contribution in [3.63, 3.8) is 0 Å². The van der Waals surface area contributed by atoms with Gasteiger partial charge >= 0.3 is 0 Å². The molecule has 100 valence electrons. The molecule has 0 spiro atoms. The highest BCUT2D eigenvalue weighted by atomic mass is 32.2. The van der Waals surface area contributed by atoms with Crippen molar-refractivity contribution in [1.29, 1.82) is 0 Å². The van der Waals surface area contributed by atoms with E-state index < -0.39 is 0 Å². The molecule has 6 heteroatoms. The van der Waals surface area contributed by atoms with Crippen LogP contribution in [-0.2, 0) is 6.42 Å². The third kappa shape index (κ3) is 2.98. The van der Waals surface area contributed by atoms with E-state index in [1.165, 1.54) is 12.2 Å². The number of rotatable bonds is 5. The van der Waals surface area contributed by atoms with Crippen LogP contribution in [0.15, 0.2) is 0 Å². The number of nitrogens with zero attached hydrogens (tertiary/aromatic N) is 1. The van der Waals surface area contributed by atoms with Gasteiger partial charge < -0.3 is 11.1 Å². The topological polar surface area (TPSA) is 83.8 Å². The molecule has 0 saturated carbocycles. The van der Waals surface area contributed by atoms with Crippen LogP contribution in [0.4, 0.5) is 5.69 Å². The minimum absolute atomic E-state index is 0.164. The molecule has 2 heterocycles. The number of nitrogen functional groups attached to an aromatic ring is 1. The Morgan fingerprint density at radius 3 is 3.17 bits per heavy atom. The van der Waals surface area contributed by atoms with E-state index >= 15 is 0 Å². The second kappa shape index (κ2) is 6.13. The zero-order chi connectivity index (χ0) is 13.0. The van der Waals surface area contributed by atoms with Crippen molar-refractivity contribution in [2.45, 2.75) is 26.2 Å². The molecule has 0 aromatic carbocycles. The number of thioether (sulfide) groups is 1. The van der Waals surface area contributed by atoms with Gasteiger partial charge in [0.25, 0.3) is 5.91 Å². The predicted molar refractivity (Wildman–Crippen MR) is 74.8 cm³/mol. The van der Waals surface area contributed by atoms with Crippen LogP contribution >= 0.6 is 11.8 Å². The number of anilines is 1. The molecule has 2 rings (SSSR count). The molecule has 1 aromatic heterocycles. The fourth-order valence-electron chi connectivity index (χ4n) is 2.07. The molecule has 1 unspecified atom stereocenters. The maximum absolute atomic E-state index is 12.0. The number of aromatic nitrogens is 2. The van der Waals surface area contributed by atoms with Crippen molar-refractivity contribution < 1.29 is 4.79 Å². The lowest BCUT2D eigenvalue weighted by atomic mass is 10.1. The molecule has 1 aliphatic rings. The van der Waals surface area contributed by atoms with Crippen LogP contribution in [0.25, 0.3) is 0 Å². The Balaban J connectivity index is 1.91. The summed E-state index contributed by atoms with van der Waals surface area (Å²) in [6.07, 6.45) is 2.99. The molecule has 1 fully saturated rings. The van der Waals surface area contributed by atoms with Crippen LogP contribution in [0.5, 0.6) is 0 Å². The van der Waals surface area contributed by atoms with Crippen molar-refractivity contribution in [3.8, 4) is 0 Å². The second-order valence-electron chi connectivity index (χ2n) is 4.65. The summed E-state index contributed by atoms with van der Waals surface area (Å²) in [4.78, 5) is 12.0. The molecule has 5 nitrogen and oxygen atoms in total. The highest BCUT2D eigenvalue weighted by molar-refractivity contribution is 7.99. The number of nitrogens with two attached hydrogens (primary N) is 1. The summed E-state index contributed by atoms with van der Waals surface area (Å²) in [7, 11) is 0. The zero-order valence-electron chi connectivity index (χ0n) is 10.7. The first-order valence-corrected chi connectivity index (χ1v) is 7.56. The Morgan fingerprint density at radius 1 is 1.67 bits per heavy atom. The SMILES string of the molecule is CCCc1[nH]nc(C(=O)NCC2CCSC2)c1N. The Labute approximate surface area is 111 Å². The molecule has 0 aliphatic carbocycles. The Bertz CT molecular complexity index is 412. The van der Waals surface area contributed by atoms with Gasteiger partial charge in [-0.15, -0.1) is 0 Å².